The van der Waals surface area contributed by atoms with Gasteiger partial charge in [0.2, 0.25) is 17.2 Å². The van der Waals surface area contributed by atoms with E-state index >= 15 is 0 Å². The lowest BCUT2D eigenvalue weighted by Crippen LogP contribution is -2.32. The largest absolute Gasteiger partial charge is 0.457 e. The fourth-order valence-corrected chi connectivity index (χ4v) is 2.41. The van der Waals surface area contributed by atoms with E-state index in [0.717, 1.165) is 6.92 Å². The Morgan fingerprint density at radius 3 is 2.65 bits per heavy atom. The molecule has 1 heterocycles. The van der Waals surface area contributed by atoms with Crippen LogP contribution < -0.4 is 5.73 Å². The Balaban J connectivity index is 2.47. The highest BCUT2D eigenvalue weighted by molar-refractivity contribution is 6.42. The minimum absolute atomic E-state index is 0.182. The molecule has 0 aliphatic carbocycles. The van der Waals surface area contributed by atoms with Crippen LogP contribution in [0.5, 0.6) is 0 Å². The van der Waals surface area contributed by atoms with E-state index in [9.17, 15) is 9.59 Å². The number of ketones is 1. The zero-order valence-electron chi connectivity index (χ0n) is 10.7. The third kappa shape index (κ3) is 2.23. The van der Waals surface area contributed by atoms with Gasteiger partial charge in [0.15, 0.2) is 0 Å². The molecule has 0 amide bonds. The van der Waals surface area contributed by atoms with E-state index in [1.807, 2.05) is 0 Å². The van der Waals surface area contributed by atoms with Gasteiger partial charge in [-0.3, -0.25) is 9.59 Å². The molecule has 1 unspecified atom stereocenters. The van der Waals surface area contributed by atoms with Crippen molar-refractivity contribution in [3.63, 3.8) is 0 Å². The summed E-state index contributed by atoms with van der Waals surface area (Å²) in [6, 6.07) is 4.81. The molecule has 2 rings (SSSR count). The summed E-state index contributed by atoms with van der Waals surface area (Å²) >= 11 is 12.0. The molecule has 1 aliphatic rings. The van der Waals surface area contributed by atoms with Crippen molar-refractivity contribution in [2.75, 3.05) is 0 Å². The maximum atomic E-state index is 12.4. The normalized spacial score (nSPS) is 21.9. The molecular formula is C13H11Cl2NO4. The van der Waals surface area contributed by atoms with E-state index in [0.29, 0.717) is 5.56 Å². The quantitative estimate of drug-likeness (QED) is 0.848. The maximum absolute atomic E-state index is 12.4. The minimum Gasteiger partial charge on any atom is -0.457 e. The second-order valence-electron chi connectivity index (χ2n) is 4.35. The van der Waals surface area contributed by atoms with E-state index in [1.54, 1.807) is 18.2 Å². The average Bonchev–Trinajstić information content (AvgIpc) is 2.57. The van der Waals surface area contributed by atoms with Crippen molar-refractivity contribution in [2.45, 2.75) is 19.4 Å². The first-order valence-corrected chi connectivity index (χ1v) is 6.39. The molecule has 7 heteroatoms. The number of benzene rings is 1. The molecule has 0 aromatic heterocycles. The Bertz CT molecular complexity index is 641. The first-order chi connectivity index (χ1) is 9.27. The summed E-state index contributed by atoms with van der Waals surface area (Å²) in [5, 5.41) is 0.461. The van der Waals surface area contributed by atoms with Crippen LogP contribution in [-0.4, -0.2) is 11.8 Å². The fourth-order valence-electron chi connectivity index (χ4n) is 1.93. The van der Waals surface area contributed by atoms with Gasteiger partial charge in [-0.1, -0.05) is 35.3 Å². The molecule has 1 aliphatic heterocycles. The maximum Gasteiger partial charge on any atom is 0.308 e. The van der Waals surface area contributed by atoms with Crippen molar-refractivity contribution in [1.29, 1.82) is 0 Å². The number of rotatable bonds is 2. The highest BCUT2D eigenvalue weighted by atomic mass is 35.5. The van der Waals surface area contributed by atoms with Crippen molar-refractivity contribution in [3.05, 3.63) is 45.5 Å². The molecular weight excluding hydrogens is 305 g/mol. The summed E-state index contributed by atoms with van der Waals surface area (Å²) in [5.74, 6) is -1.84. The van der Waals surface area contributed by atoms with Gasteiger partial charge in [0, 0.05) is 12.5 Å². The van der Waals surface area contributed by atoms with E-state index in [2.05, 4.69) is 0 Å². The lowest BCUT2D eigenvalue weighted by Gasteiger charge is -2.24. The molecule has 106 valence electrons. The van der Waals surface area contributed by atoms with Crippen LogP contribution in [0.25, 0.3) is 0 Å². The van der Waals surface area contributed by atoms with Gasteiger partial charge in [-0.2, -0.15) is 0 Å². The molecule has 0 saturated heterocycles. The van der Waals surface area contributed by atoms with Gasteiger partial charge in [0.1, 0.15) is 0 Å². The van der Waals surface area contributed by atoms with E-state index in [4.69, 9.17) is 38.4 Å². The van der Waals surface area contributed by atoms with Gasteiger partial charge in [-0.15, -0.1) is 0 Å². The van der Waals surface area contributed by atoms with Crippen molar-refractivity contribution >= 4 is 35.0 Å². The molecule has 0 saturated carbocycles. The van der Waals surface area contributed by atoms with Crippen LogP contribution in [0.3, 0.4) is 0 Å². The van der Waals surface area contributed by atoms with Crippen molar-refractivity contribution in [3.8, 4) is 0 Å². The molecule has 5 nitrogen and oxygen atoms in total. The first-order valence-electron chi connectivity index (χ1n) is 5.64. The van der Waals surface area contributed by atoms with Gasteiger partial charge >= 0.3 is 5.97 Å². The van der Waals surface area contributed by atoms with Crippen LogP contribution in [0, 0.1) is 0 Å². The van der Waals surface area contributed by atoms with Crippen LogP contribution in [-0.2, 0) is 24.7 Å². The predicted molar refractivity (Wildman–Crippen MR) is 72.9 cm³/mol. The number of Topliss-reactive ketones (excluding diaryl/α,β-unsaturated/α-hetero) is 1. The molecule has 1 aromatic rings. The summed E-state index contributed by atoms with van der Waals surface area (Å²) in [5.41, 5.74) is 4.48. The van der Waals surface area contributed by atoms with Crippen LogP contribution in [0.15, 0.2) is 29.8 Å². The van der Waals surface area contributed by atoms with Crippen molar-refractivity contribution in [2.24, 2.45) is 5.73 Å². The second-order valence-corrected chi connectivity index (χ2v) is 5.14. The zero-order valence-corrected chi connectivity index (χ0v) is 12.2. The summed E-state index contributed by atoms with van der Waals surface area (Å²) in [6.45, 7) is 2.64. The van der Waals surface area contributed by atoms with E-state index in [-0.39, 0.29) is 21.7 Å². The van der Waals surface area contributed by atoms with E-state index < -0.39 is 17.4 Å². The number of ether oxygens (including phenoxy) is 2. The lowest BCUT2D eigenvalue weighted by atomic mass is 9.91. The Hall–Kier alpha value is -1.72. The molecule has 0 spiro atoms. The van der Waals surface area contributed by atoms with E-state index in [1.165, 1.54) is 6.92 Å². The summed E-state index contributed by atoms with van der Waals surface area (Å²) in [6.07, 6.45) is 0. The molecule has 20 heavy (non-hydrogen) atoms. The topological polar surface area (TPSA) is 78.6 Å². The van der Waals surface area contributed by atoms with Crippen molar-refractivity contribution < 1.29 is 19.1 Å². The Morgan fingerprint density at radius 1 is 1.40 bits per heavy atom. The highest BCUT2D eigenvalue weighted by Gasteiger charge is 2.49. The van der Waals surface area contributed by atoms with Crippen LogP contribution in [0.2, 0.25) is 10.0 Å². The smallest absolute Gasteiger partial charge is 0.308 e. The third-order valence-corrected chi connectivity index (χ3v) is 3.71. The average molecular weight is 316 g/mol. The Kier molecular flexibility index (Phi) is 3.67. The zero-order chi connectivity index (χ0) is 15.1. The third-order valence-electron chi connectivity index (χ3n) is 2.89. The number of halogens is 2. The number of hydrogen-bond acceptors (Lipinski definition) is 5. The van der Waals surface area contributed by atoms with Gasteiger partial charge in [-0.05, 0) is 13.0 Å². The SMILES string of the molecule is CC(=O)OC1=C(N)OC(C)(c2cccc(Cl)c2Cl)C1=O. The lowest BCUT2D eigenvalue weighted by molar-refractivity contribution is -0.142. The number of nitrogens with two attached hydrogens (primary N) is 1. The van der Waals surface area contributed by atoms with Crippen molar-refractivity contribution in [1.82, 2.24) is 0 Å². The summed E-state index contributed by atoms with van der Waals surface area (Å²) in [4.78, 5) is 23.4. The molecule has 1 aromatic carbocycles. The fraction of sp³-hybridized carbons (Fsp3) is 0.231. The summed E-state index contributed by atoms with van der Waals surface area (Å²) < 4.78 is 10.2. The molecule has 0 fully saturated rings. The second kappa shape index (κ2) is 5.00. The molecule has 2 N–H and O–H groups in total. The number of esters is 1. The first kappa shape index (κ1) is 14.7. The van der Waals surface area contributed by atoms with Crippen LogP contribution in [0.1, 0.15) is 19.4 Å². The minimum atomic E-state index is -1.48. The number of carbonyl (C=O) groups excluding carboxylic acids is 2. The van der Waals surface area contributed by atoms with Crippen LogP contribution >= 0.6 is 23.2 Å². The van der Waals surface area contributed by atoms with Gasteiger partial charge < -0.3 is 15.2 Å². The van der Waals surface area contributed by atoms with Gasteiger partial charge in [-0.25, -0.2) is 0 Å². The number of carbonyl (C=O) groups is 2. The molecule has 0 radical (unpaired) electrons. The van der Waals surface area contributed by atoms with Gasteiger partial charge in [0.05, 0.1) is 10.0 Å². The molecule has 1 atom stereocenters. The van der Waals surface area contributed by atoms with Gasteiger partial charge in [0.25, 0.3) is 5.78 Å². The Labute approximate surface area is 125 Å². The number of hydrogen-bond donors (Lipinski definition) is 1. The monoisotopic (exact) mass is 315 g/mol. The predicted octanol–water partition coefficient (Wildman–Crippen LogP) is 2.50. The van der Waals surface area contributed by atoms with Crippen LogP contribution in [0.4, 0.5) is 0 Å². The molecule has 0 bridgehead atoms. The highest BCUT2D eigenvalue weighted by Crippen LogP contribution is 2.42. The summed E-state index contributed by atoms with van der Waals surface area (Å²) in [7, 11) is 0. The standard InChI is InChI=1S/C13H11Cl2NO4/c1-6(17)19-10-11(18)13(2,20-12(10)16)7-4-3-5-8(14)9(7)15/h3-5H,16H2,1-2H3. The Morgan fingerprint density at radius 2 is 2.05 bits per heavy atom.